The summed E-state index contributed by atoms with van der Waals surface area (Å²) in [5, 5.41) is 2.63. The van der Waals surface area contributed by atoms with E-state index in [-0.39, 0.29) is 17.9 Å². The van der Waals surface area contributed by atoms with E-state index in [1.54, 1.807) is 0 Å². The summed E-state index contributed by atoms with van der Waals surface area (Å²) < 4.78 is 4.58. The molecule has 2 atom stereocenters. The summed E-state index contributed by atoms with van der Waals surface area (Å²) in [5.41, 5.74) is 0. The van der Waals surface area contributed by atoms with Crippen molar-refractivity contribution in [3.63, 3.8) is 0 Å². The van der Waals surface area contributed by atoms with Gasteiger partial charge in [-0.25, -0.2) is 4.79 Å². The molecule has 0 aliphatic carbocycles. The third-order valence-electron chi connectivity index (χ3n) is 3.39. The molecule has 1 saturated heterocycles. The molecule has 0 aromatic heterocycles. The van der Waals surface area contributed by atoms with Crippen LogP contribution in [0.15, 0.2) is 12.2 Å². The molecule has 108 valence electrons. The summed E-state index contributed by atoms with van der Waals surface area (Å²) in [4.78, 5) is 25.7. The number of rotatable bonds is 4. The van der Waals surface area contributed by atoms with Crippen molar-refractivity contribution in [2.45, 2.75) is 45.7 Å². The highest BCUT2D eigenvalue weighted by Crippen LogP contribution is 2.21. The molecule has 1 aliphatic rings. The molecule has 0 bridgehead atoms. The zero-order valence-electron chi connectivity index (χ0n) is 12.2. The van der Waals surface area contributed by atoms with Crippen molar-refractivity contribution < 1.29 is 14.3 Å². The van der Waals surface area contributed by atoms with Crippen molar-refractivity contribution in [1.29, 1.82) is 0 Å². The Hall–Kier alpha value is -1.52. The maximum Gasteiger partial charge on any atom is 0.407 e. The number of ether oxygens (including phenoxy) is 1. The maximum absolute atomic E-state index is 12.5. The number of nitrogens with zero attached hydrogens (tertiary/aromatic N) is 1. The van der Waals surface area contributed by atoms with Gasteiger partial charge >= 0.3 is 6.09 Å². The lowest BCUT2D eigenvalue weighted by molar-refractivity contribution is -0.134. The van der Waals surface area contributed by atoms with Gasteiger partial charge in [-0.15, -0.1) is 0 Å². The standard InChI is InChI=1S/C14H24N2O3/c1-5-7-11-8-6-9-16(11)13(17)12(10(2)3)15-14(18)19-4/h5,7,10-12H,6,8-9H2,1-4H3,(H,15,18). The molecule has 1 rings (SSSR count). The van der Waals surface area contributed by atoms with Crippen molar-refractivity contribution in [2.75, 3.05) is 13.7 Å². The van der Waals surface area contributed by atoms with E-state index in [4.69, 9.17) is 0 Å². The van der Waals surface area contributed by atoms with Gasteiger partial charge in [0.2, 0.25) is 5.91 Å². The Kier molecular flexibility index (Phi) is 5.86. The Morgan fingerprint density at radius 3 is 2.63 bits per heavy atom. The number of alkyl carbamates (subject to hydrolysis) is 1. The SMILES string of the molecule is CC=CC1CCCN1C(=O)C(NC(=O)OC)C(C)C. The zero-order valence-corrected chi connectivity index (χ0v) is 12.2. The van der Waals surface area contributed by atoms with E-state index < -0.39 is 12.1 Å². The molecule has 1 heterocycles. The number of carbonyl (C=O) groups excluding carboxylic acids is 2. The Morgan fingerprint density at radius 1 is 1.42 bits per heavy atom. The molecule has 1 N–H and O–H groups in total. The molecule has 1 aliphatic heterocycles. The Balaban J connectivity index is 2.78. The number of hydrogen-bond acceptors (Lipinski definition) is 3. The van der Waals surface area contributed by atoms with E-state index in [0.717, 1.165) is 19.4 Å². The maximum atomic E-state index is 12.5. The fourth-order valence-corrected chi connectivity index (χ4v) is 2.37. The van der Waals surface area contributed by atoms with Crippen LogP contribution in [0.4, 0.5) is 4.79 Å². The van der Waals surface area contributed by atoms with Crippen LogP contribution >= 0.6 is 0 Å². The monoisotopic (exact) mass is 268 g/mol. The highest BCUT2D eigenvalue weighted by atomic mass is 16.5. The van der Waals surface area contributed by atoms with Crippen LogP contribution in [0.3, 0.4) is 0 Å². The van der Waals surface area contributed by atoms with E-state index in [2.05, 4.69) is 10.1 Å². The Bertz CT molecular complexity index is 353. The summed E-state index contributed by atoms with van der Waals surface area (Å²) in [6.45, 7) is 6.53. The molecule has 0 radical (unpaired) electrons. The number of hydrogen-bond donors (Lipinski definition) is 1. The van der Waals surface area contributed by atoms with Crippen LogP contribution in [-0.2, 0) is 9.53 Å². The molecule has 5 nitrogen and oxygen atoms in total. The van der Waals surface area contributed by atoms with E-state index in [0.29, 0.717) is 0 Å². The molecule has 0 aromatic rings. The van der Waals surface area contributed by atoms with Crippen molar-refractivity contribution in [2.24, 2.45) is 5.92 Å². The summed E-state index contributed by atoms with van der Waals surface area (Å²) in [6.07, 6.45) is 5.44. The molecular formula is C14H24N2O3. The number of carbonyl (C=O) groups is 2. The predicted molar refractivity (Wildman–Crippen MR) is 73.7 cm³/mol. The first-order valence-electron chi connectivity index (χ1n) is 6.79. The van der Waals surface area contributed by atoms with Gasteiger partial charge in [0.15, 0.2) is 0 Å². The van der Waals surface area contributed by atoms with Gasteiger partial charge in [-0.2, -0.15) is 0 Å². The summed E-state index contributed by atoms with van der Waals surface area (Å²) >= 11 is 0. The van der Waals surface area contributed by atoms with Gasteiger partial charge in [0.05, 0.1) is 13.2 Å². The fourth-order valence-electron chi connectivity index (χ4n) is 2.37. The van der Waals surface area contributed by atoms with Crippen molar-refractivity contribution in [3.05, 3.63) is 12.2 Å². The molecule has 2 amide bonds. The fraction of sp³-hybridized carbons (Fsp3) is 0.714. The minimum absolute atomic E-state index is 0.0263. The van der Waals surface area contributed by atoms with Crippen LogP contribution < -0.4 is 5.32 Å². The van der Waals surface area contributed by atoms with Crippen LogP contribution in [0.25, 0.3) is 0 Å². The van der Waals surface area contributed by atoms with E-state index in [1.807, 2.05) is 37.8 Å². The topological polar surface area (TPSA) is 58.6 Å². The number of amides is 2. The highest BCUT2D eigenvalue weighted by molar-refractivity contribution is 5.86. The molecule has 0 aromatic carbocycles. The van der Waals surface area contributed by atoms with Gasteiger partial charge in [-0.05, 0) is 25.7 Å². The summed E-state index contributed by atoms with van der Waals surface area (Å²) in [7, 11) is 1.30. The first-order chi connectivity index (χ1) is 9.01. The van der Waals surface area contributed by atoms with Crippen LogP contribution in [0.1, 0.15) is 33.6 Å². The van der Waals surface area contributed by atoms with Crippen molar-refractivity contribution in [3.8, 4) is 0 Å². The third-order valence-corrected chi connectivity index (χ3v) is 3.39. The molecule has 0 spiro atoms. The highest BCUT2D eigenvalue weighted by Gasteiger charge is 2.34. The molecular weight excluding hydrogens is 244 g/mol. The second kappa shape index (κ2) is 7.16. The lowest BCUT2D eigenvalue weighted by Gasteiger charge is -2.29. The molecule has 0 saturated carbocycles. The van der Waals surface area contributed by atoms with E-state index in [1.165, 1.54) is 7.11 Å². The molecule has 2 unspecified atom stereocenters. The third kappa shape index (κ3) is 3.98. The van der Waals surface area contributed by atoms with Crippen molar-refractivity contribution >= 4 is 12.0 Å². The van der Waals surface area contributed by atoms with Crippen LogP contribution in [-0.4, -0.2) is 42.6 Å². The molecule has 1 fully saturated rings. The first-order valence-corrected chi connectivity index (χ1v) is 6.79. The summed E-state index contributed by atoms with van der Waals surface area (Å²) in [5.74, 6) is -0.000504. The van der Waals surface area contributed by atoms with Gasteiger partial charge in [-0.1, -0.05) is 26.0 Å². The van der Waals surface area contributed by atoms with Gasteiger partial charge in [0.1, 0.15) is 6.04 Å². The Morgan fingerprint density at radius 2 is 2.11 bits per heavy atom. The normalized spacial score (nSPS) is 20.9. The average molecular weight is 268 g/mol. The van der Waals surface area contributed by atoms with E-state index in [9.17, 15) is 9.59 Å². The smallest absolute Gasteiger partial charge is 0.407 e. The number of nitrogens with one attached hydrogen (secondary N) is 1. The minimum atomic E-state index is -0.561. The molecule has 5 heteroatoms. The largest absolute Gasteiger partial charge is 0.453 e. The number of likely N-dealkylation sites (tertiary alicyclic amines) is 1. The van der Waals surface area contributed by atoms with Gasteiger partial charge in [0.25, 0.3) is 0 Å². The zero-order chi connectivity index (χ0) is 14.4. The molecule has 19 heavy (non-hydrogen) atoms. The van der Waals surface area contributed by atoms with Crippen molar-refractivity contribution in [1.82, 2.24) is 10.2 Å². The second-order valence-electron chi connectivity index (χ2n) is 5.12. The lowest BCUT2D eigenvalue weighted by Crippen LogP contribution is -2.52. The minimum Gasteiger partial charge on any atom is -0.453 e. The van der Waals surface area contributed by atoms with Gasteiger partial charge in [0, 0.05) is 6.54 Å². The summed E-state index contributed by atoms with van der Waals surface area (Å²) in [6, 6.07) is -0.378. The van der Waals surface area contributed by atoms with Gasteiger partial charge < -0.3 is 15.0 Å². The van der Waals surface area contributed by atoms with Crippen LogP contribution in [0.5, 0.6) is 0 Å². The average Bonchev–Trinajstić information content (AvgIpc) is 2.83. The number of allylic oxidation sites excluding steroid dienone is 1. The quantitative estimate of drug-likeness (QED) is 0.793. The number of methoxy groups -OCH3 is 1. The predicted octanol–water partition coefficient (Wildman–Crippen LogP) is 1.93. The lowest BCUT2D eigenvalue weighted by atomic mass is 10.0. The van der Waals surface area contributed by atoms with Gasteiger partial charge in [-0.3, -0.25) is 4.79 Å². The van der Waals surface area contributed by atoms with Crippen LogP contribution in [0.2, 0.25) is 0 Å². The second-order valence-corrected chi connectivity index (χ2v) is 5.12. The Labute approximate surface area is 115 Å². The van der Waals surface area contributed by atoms with Crippen LogP contribution in [0, 0.1) is 5.92 Å². The van der Waals surface area contributed by atoms with E-state index >= 15 is 0 Å². The first kappa shape index (κ1) is 15.5.